The van der Waals surface area contributed by atoms with E-state index in [1.54, 1.807) is 0 Å². The maximum Gasteiger partial charge on any atom is 0.128 e. The third kappa shape index (κ3) is 3.00. The number of hydrogen-bond acceptors (Lipinski definition) is 4. The molecule has 1 aliphatic heterocycles. The highest BCUT2D eigenvalue weighted by atomic mass is 15.3. The van der Waals surface area contributed by atoms with Crippen molar-refractivity contribution in [3.05, 3.63) is 23.9 Å². The van der Waals surface area contributed by atoms with Gasteiger partial charge in [0.25, 0.3) is 0 Å². The molecule has 100 valence electrons. The fourth-order valence-corrected chi connectivity index (χ4v) is 2.33. The van der Waals surface area contributed by atoms with Gasteiger partial charge >= 0.3 is 0 Å². The Hall–Kier alpha value is -1.13. The molecule has 2 N–H and O–H groups in total. The molecule has 18 heavy (non-hydrogen) atoms. The van der Waals surface area contributed by atoms with Gasteiger partial charge in [0, 0.05) is 44.5 Å². The number of rotatable bonds is 2. The Kier molecular flexibility index (Phi) is 3.88. The zero-order valence-corrected chi connectivity index (χ0v) is 11.7. The van der Waals surface area contributed by atoms with E-state index in [0.717, 1.165) is 37.6 Å². The van der Waals surface area contributed by atoms with Crippen LogP contribution in [0.5, 0.6) is 0 Å². The monoisotopic (exact) mass is 248 g/mol. The predicted molar refractivity (Wildman–Crippen MR) is 75.7 cm³/mol. The van der Waals surface area contributed by atoms with E-state index in [4.69, 9.17) is 5.73 Å². The van der Waals surface area contributed by atoms with Crippen molar-refractivity contribution in [1.29, 1.82) is 0 Å². The van der Waals surface area contributed by atoms with Crippen LogP contribution in [-0.2, 0) is 6.54 Å². The van der Waals surface area contributed by atoms with Crippen LogP contribution in [0.15, 0.2) is 18.3 Å². The topological polar surface area (TPSA) is 45.4 Å². The van der Waals surface area contributed by atoms with E-state index < -0.39 is 0 Å². The molecular weight excluding hydrogens is 224 g/mol. The molecular formula is C14H24N4. The smallest absolute Gasteiger partial charge is 0.128 e. The lowest BCUT2D eigenvalue weighted by molar-refractivity contribution is 0.128. The number of piperazine rings is 1. The van der Waals surface area contributed by atoms with Gasteiger partial charge in [-0.1, -0.05) is 6.07 Å². The standard InChI is InChI=1S/C14H24N4/c1-14(2,3)18-8-6-17(7-9-18)13-5-4-12(10-15)11-16-13/h4-5,11H,6-10,15H2,1-3H3. The van der Waals surface area contributed by atoms with Crippen LogP contribution in [0.2, 0.25) is 0 Å². The molecule has 0 amide bonds. The lowest BCUT2D eigenvalue weighted by atomic mass is 10.1. The molecule has 0 aromatic carbocycles. The van der Waals surface area contributed by atoms with Gasteiger partial charge in [-0.3, -0.25) is 4.90 Å². The van der Waals surface area contributed by atoms with E-state index >= 15 is 0 Å². The van der Waals surface area contributed by atoms with Crippen molar-refractivity contribution in [1.82, 2.24) is 9.88 Å². The van der Waals surface area contributed by atoms with Gasteiger partial charge < -0.3 is 10.6 Å². The van der Waals surface area contributed by atoms with Gasteiger partial charge in [0.2, 0.25) is 0 Å². The van der Waals surface area contributed by atoms with Gasteiger partial charge in [0.05, 0.1) is 0 Å². The van der Waals surface area contributed by atoms with Crippen LogP contribution in [0.1, 0.15) is 26.3 Å². The first-order valence-corrected chi connectivity index (χ1v) is 6.66. The molecule has 0 saturated carbocycles. The highest BCUT2D eigenvalue weighted by Gasteiger charge is 2.26. The van der Waals surface area contributed by atoms with Crippen molar-refractivity contribution < 1.29 is 0 Å². The second-order valence-electron chi connectivity index (χ2n) is 5.87. The Morgan fingerprint density at radius 3 is 2.28 bits per heavy atom. The molecule has 0 bridgehead atoms. The summed E-state index contributed by atoms with van der Waals surface area (Å²) in [5.41, 5.74) is 6.94. The first-order valence-electron chi connectivity index (χ1n) is 6.66. The molecule has 2 heterocycles. The molecule has 0 spiro atoms. The molecule has 1 saturated heterocycles. The lowest BCUT2D eigenvalue weighted by Crippen LogP contribution is -2.53. The Bertz CT molecular complexity index is 372. The lowest BCUT2D eigenvalue weighted by Gasteiger charge is -2.42. The number of hydrogen-bond donors (Lipinski definition) is 1. The Balaban J connectivity index is 1.96. The molecule has 0 unspecified atom stereocenters. The van der Waals surface area contributed by atoms with E-state index in [1.165, 1.54) is 0 Å². The molecule has 0 radical (unpaired) electrons. The summed E-state index contributed by atoms with van der Waals surface area (Å²) in [5.74, 6) is 1.07. The SMILES string of the molecule is CC(C)(C)N1CCN(c2ccc(CN)cn2)CC1. The first-order chi connectivity index (χ1) is 8.50. The summed E-state index contributed by atoms with van der Waals surface area (Å²) in [6, 6.07) is 4.15. The van der Waals surface area contributed by atoms with Crippen LogP contribution in [0.3, 0.4) is 0 Å². The number of nitrogens with zero attached hydrogens (tertiary/aromatic N) is 3. The third-order valence-electron chi connectivity index (χ3n) is 3.60. The quantitative estimate of drug-likeness (QED) is 0.860. The van der Waals surface area contributed by atoms with Crippen molar-refractivity contribution in [3.8, 4) is 0 Å². The van der Waals surface area contributed by atoms with Crippen molar-refractivity contribution in [2.75, 3.05) is 31.1 Å². The average molecular weight is 248 g/mol. The molecule has 4 heteroatoms. The first kappa shape index (κ1) is 13.3. The van der Waals surface area contributed by atoms with Gasteiger partial charge in [-0.25, -0.2) is 4.98 Å². The molecule has 1 aromatic heterocycles. The highest BCUT2D eigenvalue weighted by Crippen LogP contribution is 2.19. The summed E-state index contributed by atoms with van der Waals surface area (Å²) in [6.07, 6.45) is 1.88. The Morgan fingerprint density at radius 2 is 1.83 bits per heavy atom. The fraction of sp³-hybridized carbons (Fsp3) is 0.643. The fourth-order valence-electron chi connectivity index (χ4n) is 2.33. The molecule has 1 fully saturated rings. The predicted octanol–water partition coefficient (Wildman–Crippen LogP) is 1.46. The van der Waals surface area contributed by atoms with Gasteiger partial charge in [0.15, 0.2) is 0 Å². The summed E-state index contributed by atoms with van der Waals surface area (Å²) in [7, 11) is 0. The maximum atomic E-state index is 5.58. The van der Waals surface area contributed by atoms with Crippen molar-refractivity contribution >= 4 is 5.82 Å². The van der Waals surface area contributed by atoms with Gasteiger partial charge in [-0.15, -0.1) is 0 Å². The highest BCUT2D eigenvalue weighted by molar-refractivity contribution is 5.39. The minimum absolute atomic E-state index is 0.267. The van der Waals surface area contributed by atoms with E-state index in [-0.39, 0.29) is 5.54 Å². The van der Waals surface area contributed by atoms with Gasteiger partial charge in [0.1, 0.15) is 5.82 Å². The van der Waals surface area contributed by atoms with E-state index in [9.17, 15) is 0 Å². The third-order valence-corrected chi connectivity index (χ3v) is 3.60. The van der Waals surface area contributed by atoms with Crippen molar-refractivity contribution in [3.63, 3.8) is 0 Å². The van der Waals surface area contributed by atoms with Gasteiger partial charge in [-0.2, -0.15) is 0 Å². The number of anilines is 1. The van der Waals surface area contributed by atoms with Crippen molar-refractivity contribution in [2.24, 2.45) is 5.73 Å². The molecule has 2 rings (SSSR count). The van der Waals surface area contributed by atoms with Crippen LogP contribution >= 0.6 is 0 Å². The van der Waals surface area contributed by atoms with E-state index in [0.29, 0.717) is 6.54 Å². The molecule has 4 nitrogen and oxygen atoms in total. The van der Waals surface area contributed by atoms with Crippen LogP contribution in [0.4, 0.5) is 5.82 Å². The number of aromatic nitrogens is 1. The molecule has 1 aromatic rings. The summed E-state index contributed by atoms with van der Waals surface area (Å²) in [5, 5.41) is 0. The molecule has 0 atom stereocenters. The van der Waals surface area contributed by atoms with Crippen LogP contribution < -0.4 is 10.6 Å². The minimum atomic E-state index is 0.267. The maximum absolute atomic E-state index is 5.58. The summed E-state index contributed by atoms with van der Waals surface area (Å²) >= 11 is 0. The zero-order valence-electron chi connectivity index (χ0n) is 11.7. The normalized spacial score (nSPS) is 18.1. The second-order valence-corrected chi connectivity index (χ2v) is 5.87. The van der Waals surface area contributed by atoms with Crippen LogP contribution in [0, 0.1) is 0 Å². The number of nitrogens with two attached hydrogens (primary N) is 1. The van der Waals surface area contributed by atoms with E-state index in [2.05, 4.69) is 47.7 Å². The second kappa shape index (κ2) is 5.24. The van der Waals surface area contributed by atoms with Crippen LogP contribution in [-0.4, -0.2) is 41.6 Å². The minimum Gasteiger partial charge on any atom is -0.354 e. The number of pyridine rings is 1. The average Bonchev–Trinajstić information content (AvgIpc) is 2.38. The van der Waals surface area contributed by atoms with Gasteiger partial charge in [-0.05, 0) is 32.4 Å². The summed E-state index contributed by atoms with van der Waals surface area (Å²) in [4.78, 5) is 9.36. The van der Waals surface area contributed by atoms with Crippen molar-refractivity contribution in [2.45, 2.75) is 32.9 Å². The Labute approximate surface area is 110 Å². The van der Waals surface area contributed by atoms with Crippen LogP contribution in [0.25, 0.3) is 0 Å². The summed E-state index contributed by atoms with van der Waals surface area (Å²) in [6.45, 7) is 11.7. The Morgan fingerprint density at radius 1 is 1.17 bits per heavy atom. The zero-order chi connectivity index (χ0) is 13.2. The molecule has 0 aliphatic carbocycles. The molecule has 1 aliphatic rings. The summed E-state index contributed by atoms with van der Waals surface area (Å²) < 4.78 is 0. The van der Waals surface area contributed by atoms with E-state index in [1.807, 2.05) is 6.20 Å². The largest absolute Gasteiger partial charge is 0.354 e.